The van der Waals surface area contributed by atoms with Gasteiger partial charge < -0.3 is 5.21 Å². The van der Waals surface area contributed by atoms with Crippen molar-refractivity contribution in [3.63, 3.8) is 0 Å². The van der Waals surface area contributed by atoms with Crippen molar-refractivity contribution in [1.29, 1.82) is 0 Å². The van der Waals surface area contributed by atoms with Gasteiger partial charge in [-0.15, -0.1) is 5.16 Å². The summed E-state index contributed by atoms with van der Waals surface area (Å²) in [6, 6.07) is 0. The van der Waals surface area contributed by atoms with E-state index < -0.39 is 0 Å². The Morgan fingerprint density at radius 2 is 1.92 bits per heavy atom. The van der Waals surface area contributed by atoms with Crippen LogP contribution in [-0.2, 0) is 0 Å². The average molecular weight is 171 g/mol. The lowest BCUT2D eigenvalue weighted by atomic mass is 9.98. The van der Waals surface area contributed by atoms with Crippen molar-refractivity contribution in [2.24, 2.45) is 17.0 Å². The van der Waals surface area contributed by atoms with Crippen molar-refractivity contribution in [3.8, 4) is 0 Å². The molecule has 0 heterocycles. The number of oxime groups is 1. The second kappa shape index (κ2) is 7.14. The average Bonchev–Trinajstić information content (AvgIpc) is 2.00. The summed E-state index contributed by atoms with van der Waals surface area (Å²) in [7, 11) is 0. The van der Waals surface area contributed by atoms with Gasteiger partial charge >= 0.3 is 0 Å². The highest BCUT2D eigenvalue weighted by molar-refractivity contribution is 5.56. The van der Waals surface area contributed by atoms with E-state index in [-0.39, 0.29) is 0 Å². The molecule has 0 spiro atoms. The van der Waals surface area contributed by atoms with Crippen LogP contribution in [0, 0.1) is 11.8 Å². The lowest BCUT2D eigenvalue weighted by Crippen LogP contribution is -1.97. The van der Waals surface area contributed by atoms with Gasteiger partial charge in [-0.1, -0.05) is 40.0 Å². The van der Waals surface area contributed by atoms with Crippen molar-refractivity contribution in [3.05, 3.63) is 0 Å². The van der Waals surface area contributed by atoms with Crippen LogP contribution in [-0.4, -0.2) is 11.4 Å². The Morgan fingerprint density at radius 1 is 1.25 bits per heavy atom. The van der Waals surface area contributed by atoms with Gasteiger partial charge in [0.1, 0.15) is 0 Å². The van der Waals surface area contributed by atoms with E-state index in [4.69, 9.17) is 5.21 Å². The van der Waals surface area contributed by atoms with Gasteiger partial charge in [-0.2, -0.15) is 0 Å². The van der Waals surface area contributed by atoms with Crippen LogP contribution in [0.25, 0.3) is 0 Å². The Labute approximate surface area is 75.7 Å². The van der Waals surface area contributed by atoms with Crippen LogP contribution in [0.4, 0.5) is 0 Å². The van der Waals surface area contributed by atoms with Gasteiger partial charge in [-0.3, -0.25) is 0 Å². The first-order valence-electron chi connectivity index (χ1n) is 4.82. The molecule has 0 aromatic rings. The van der Waals surface area contributed by atoms with Gasteiger partial charge in [0.25, 0.3) is 0 Å². The summed E-state index contributed by atoms with van der Waals surface area (Å²) >= 11 is 0. The number of nitrogens with zero attached hydrogens (tertiary/aromatic N) is 1. The zero-order valence-corrected chi connectivity index (χ0v) is 8.45. The molecule has 0 rings (SSSR count). The fraction of sp³-hybridized carbons (Fsp3) is 0.900. The highest BCUT2D eigenvalue weighted by atomic mass is 16.4. The monoisotopic (exact) mass is 171 g/mol. The van der Waals surface area contributed by atoms with Gasteiger partial charge in [0, 0.05) is 6.21 Å². The maximum absolute atomic E-state index is 8.20. The standard InChI is InChI=1S/C10H21NO/c1-9(2)5-4-6-10(3)7-8-11-12/h8-10,12H,4-7H2,1-3H3. The van der Waals surface area contributed by atoms with E-state index in [0.29, 0.717) is 5.92 Å². The molecule has 0 aliphatic carbocycles. The minimum absolute atomic E-state index is 0.652. The van der Waals surface area contributed by atoms with E-state index in [0.717, 1.165) is 12.3 Å². The molecule has 0 bridgehead atoms. The van der Waals surface area contributed by atoms with Crippen molar-refractivity contribution in [2.75, 3.05) is 0 Å². The molecule has 0 saturated carbocycles. The first-order valence-corrected chi connectivity index (χ1v) is 4.82. The third-order valence-corrected chi connectivity index (χ3v) is 2.07. The predicted molar refractivity (Wildman–Crippen MR) is 52.7 cm³/mol. The summed E-state index contributed by atoms with van der Waals surface area (Å²) in [5.41, 5.74) is 0. The Kier molecular flexibility index (Phi) is 6.82. The number of hydrogen-bond donors (Lipinski definition) is 1. The van der Waals surface area contributed by atoms with Crippen molar-refractivity contribution >= 4 is 6.21 Å². The lowest BCUT2D eigenvalue weighted by molar-refractivity contribution is 0.319. The van der Waals surface area contributed by atoms with E-state index in [1.165, 1.54) is 19.3 Å². The minimum atomic E-state index is 0.652. The van der Waals surface area contributed by atoms with E-state index in [1.54, 1.807) is 6.21 Å². The molecule has 0 aliphatic rings. The topological polar surface area (TPSA) is 32.6 Å². The smallest absolute Gasteiger partial charge is 0.0438 e. The molecular formula is C10H21NO. The Morgan fingerprint density at radius 3 is 2.42 bits per heavy atom. The lowest BCUT2D eigenvalue weighted by Gasteiger charge is -2.08. The van der Waals surface area contributed by atoms with E-state index >= 15 is 0 Å². The Bertz CT molecular complexity index is 121. The van der Waals surface area contributed by atoms with Crippen molar-refractivity contribution < 1.29 is 5.21 Å². The second-order valence-corrected chi connectivity index (χ2v) is 3.96. The summed E-state index contributed by atoms with van der Waals surface area (Å²) < 4.78 is 0. The summed E-state index contributed by atoms with van der Waals surface area (Å²) in [5.74, 6) is 1.46. The van der Waals surface area contributed by atoms with Crippen LogP contribution in [0.3, 0.4) is 0 Å². The van der Waals surface area contributed by atoms with Crippen LogP contribution in [0.15, 0.2) is 5.16 Å². The minimum Gasteiger partial charge on any atom is -0.411 e. The van der Waals surface area contributed by atoms with E-state index in [1.807, 2.05) is 0 Å². The molecule has 1 unspecified atom stereocenters. The van der Waals surface area contributed by atoms with Crippen LogP contribution < -0.4 is 0 Å². The number of rotatable bonds is 6. The molecule has 12 heavy (non-hydrogen) atoms. The van der Waals surface area contributed by atoms with E-state index in [9.17, 15) is 0 Å². The predicted octanol–water partition coefficient (Wildman–Crippen LogP) is 3.30. The molecule has 0 radical (unpaired) electrons. The zero-order valence-electron chi connectivity index (χ0n) is 8.45. The highest BCUT2D eigenvalue weighted by Gasteiger charge is 2.01. The highest BCUT2D eigenvalue weighted by Crippen LogP contribution is 2.13. The Balaban J connectivity index is 3.25. The van der Waals surface area contributed by atoms with Crippen LogP contribution in [0.2, 0.25) is 0 Å². The SMILES string of the molecule is CC(C)CCCC(C)CC=NO. The normalized spacial score (nSPS) is 14.3. The fourth-order valence-corrected chi connectivity index (χ4v) is 1.22. The maximum Gasteiger partial charge on any atom is 0.0438 e. The fourth-order valence-electron chi connectivity index (χ4n) is 1.22. The summed E-state index contributed by atoms with van der Waals surface area (Å²) in [6.07, 6.45) is 6.32. The second-order valence-electron chi connectivity index (χ2n) is 3.96. The van der Waals surface area contributed by atoms with Gasteiger partial charge in [-0.05, 0) is 18.3 Å². The van der Waals surface area contributed by atoms with Crippen LogP contribution in [0.5, 0.6) is 0 Å². The van der Waals surface area contributed by atoms with Gasteiger partial charge in [0.15, 0.2) is 0 Å². The molecule has 72 valence electrons. The summed E-state index contributed by atoms with van der Waals surface area (Å²) in [6.45, 7) is 6.70. The molecule has 0 aliphatic heterocycles. The Hall–Kier alpha value is -0.530. The molecule has 1 N–H and O–H groups in total. The quantitative estimate of drug-likeness (QED) is 0.371. The third kappa shape index (κ3) is 7.58. The van der Waals surface area contributed by atoms with Crippen LogP contribution >= 0.6 is 0 Å². The molecule has 0 aromatic heterocycles. The summed E-state index contributed by atoms with van der Waals surface area (Å²) in [4.78, 5) is 0. The van der Waals surface area contributed by atoms with Crippen molar-refractivity contribution in [2.45, 2.75) is 46.5 Å². The molecule has 2 nitrogen and oxygen atoms in total. The largest absolute Gasteiger partial charge is 0.411 e. The molecular weight excluding hydrogens is 150 g/mol. The molecule has 2 heteroatoms. The first kappa shape index (κ1) is 11.5. The summed E-state index contributed by atoms with van der Waals surface area (Å²) in [5, 5.41) is 11.2. The third-order valence-electron chi connectivity index (χ3n) is 2.07. The van der Waals surface area contributed by atoms with Crippen LogP contribution in [0.1, 0.15) is 46.5 Å². The van der Waals surface area contributed by atoms with E-state index in [2.05, 4.69) is 25.9 Å². The molecule has 1 atom stereocenters. The van der Waals surface area contributed by atoms with Gasteiger partial charge in [0.05, 0.1) is 0 Å². The van der Waals surface area contributed by atoms with Gasteiger partial charge in [0.2, 0.25) is 0 Å². The van der Waals surface area contributed by atoms with Crippen molar-refractivity contribution in [1.82, 2.24) is 0 Å². The first-order chi connectivity index (χ1) is 5.66. The molecule has 0 fully saturated rings. The van der Waals surface area contributed by atoms with Gasteiger partial charge in [-0.25, -0.2) is 0 Å². The molecule has 0 aromatic carbocycles. The molecule has 0 amide bonds. The zero-order chi connectivity index (χ0) is 9.40. The maximum atomic E-state index is 8.20. The number of hydrogen-bond acceptors (Lipinski definition) is 2. The molecule has 0 saturated heterocycles.